The molecule has 0 amide bonds. The highest BCUT2D eigenvalue weighted by atomic mass is 31.2. The van der Waals surface area contributed by atoms with Gasteiger partial charge >= 0.3 is 5.92 Å². The highest BCUT2D eigenvalue weighted by molar-refractivity contribution is 7.81. The Morgan fingerprint density at radius 1 is 0.913 bits per heavy atom. The minimum Gasteiger partial charge on any atom is -0.305 e. The molecular weight excluding hydrogens is 324 g/mol. The Morgan fingerprint density at radius 3 is 1.96 bits per heavy atom. The number of hydrogen-bond acceptors (Lipinski definition) is 2. The van der Waals surface area contributed by atoms with E-state index >= 15 is 0 Å². The smallest absolute Gasteiger partial charge is 0.305 e. The largest absolute Gasteiger partial charge is 0.447 e. The highest BCUT2D eigenvalue weighted by Crippen LogP contribution is 2.63. The zero-order valence-corrected chi connectivity index (χ0v) is 13.2. The number of halogens is 3. The Bertz CT molecular complexity index is 697. The van der Waals surface area contributed by atoms with Gasteiger partial charge in [0.05, 0.1) is 0 Å². The highest BCUT2D eigenvalue weighted by Gasteiger charge is 2.55. The lowest BCUT2D eigenvalue weighted by Gasteiger charge is -2.20. The van der Waals surface area contributed by atoms with Gasteiger partial charge in [0.1, 0.15) is 0 Å². The molecule has 0 aliphatic heterocycles. The van der Waals surface area contributed by atoms with Crippen LogP contribution >= 0.6 is 7.14 Å². The van der Waals surface area contributed by atoms with Crippen LogP contribution in [0.3, 0.4) is 0 Å². The summed E-state index contributed by atoms with van der Waals surface area (Å²) in [5.74, 6) is -5.02. The quantitative estimate of drug-likeness (QED) is 0.665. The molecule has 0 bridgehead atoms. The van der Waals surface area contributed by atoms with E-state index in [4.69, 9.17) is 0 Å². The predicted octanol–water partition coefficient (Wildman–Crippen LogP) is 5.34. The second-order valence-corrected chi connectivity index (χ2v) is 8.03. The molecule has 0 spiro atoms. The van der Waals surface area contributed by atoms with Crippen LogP contribution in [0.2, 0.25) is 0 Å². The van der Waals surface area contributed by atoms with E-state index in [2.05, 4.69) is 0 Å². The van der Waals surface area contributed by atoms with Crippen LogP contribution in [0.25, 0.3) is 0 Å². The average molecular weight is 340 g/mol. The molecule has 0 heterocycles. The number of aryl methyl sites for hydroxylation is 1. The van der Waals surface area contributed by atoms with E-state index < -0.39 is 24.7 Å². The van der Waals surface area contributed by atoms with E-state index in [1.165, 1.54) is 24.3 Å². The molecule has 0 saturated carbocycles. The van der Waals surface area contributed by atoms with Crippen LogP contribution in [-0.4, -0.2) is 17.6 Å². The van der Waals surface area contributed by atoms with Crippen molar-refractivity contribution in [3.8, 4) is 0 Å². The molecule has 1 unspecified atom stereocenters. The summed E-state index contributed by atoms with van der Waals surface area (Å²) < 4.78 is 52.3. The molecule has 0 aromatic heterocycles. The summed E-state index contributed by atoms with van der Waals surface area (Å²) in [6.07, 6.45) is -0.276. The van der Waals surface area contributed by atoms with Crippen molar-refractivity contribution in [2.24, 2.45) is 0 Å². The molecule has 0 saturated heterocycles. The Morgan fingerprint density at radius 2 is 1.43 bits per heavy atom. The van der Waals surface area contributed by atoms with Gasteiger partial charge in [-0.25, -0.2) is 0 Å². The standard InChI is InChI=1S/C17H16F3O2P/c18-17(19,20)23(22,16(21)15-11-5-2-6-12-15)13-7-10-14-8-3-1-4-9-14/h1-6,8-9,11-12H,7,10,13H2. The Kier molecular flexibility index (Phi) is 5.42. The molecule has 122 valence electrons. The van der Waals surface area contributed by atoms with E-state index in [1.807, 2.05) is 6.07 Å². The van der Waals surface area contributed by atoms with Gasteiger partial charge in [-0.1, -0.05) is 60.7 Å². The van der Waals surface area contributed by atoms with Gasteiger partial charge in [0.2, 0.25) is 5.52 Å². The summed E-state index contributed by atoms with van der Waals surface area (Å²) in [6, 6.07) is 16.0. The number of hydrogen-bond donors (Lipinski definition) is 0. The van der Waals surface area contributed by atoms with Crippen molar-refractivity contribution in [3.05, 3.63) is 71.8 Å². The first-order valence-electron chi connectivity index (χ1n) is 7.14. The topological polar surface area (TPSA) is 34.1 Å². The zero-order chi connectivity index (χ0) is 16.9. The van der Waals surface area contributed by atoms with Crippen LogP contribution < -0.4 is 0 Å². The summed E-state index contributed by atoms with van der Waals surface area (Å²) in [6.45, 7) is 0. The number of alkyl halides is 3. The van der Waals surface area contributed by atoms with Crippen molar-refractivity contribution in [2.45, 2.75) is 18.8 Å². The summed E-state index contributed by atoms with van der Waals surface area (Å²) in [5.41, 5.74) is -0.611. The van der Waals surface area contributed by atoms with Crippen LogP contribution in [0.5, 0.6) is 0 Å². The molecule has 2 rings (SSSR count). The first-order valence-corrected chi connectivity index (χ1v) is 9.03. The van der Waals surface area contributed by atoms with Crippen molar-refractivity contribution in [1.29, 1.82) is 0 Å². The fourth-order valence-electron chi connectivity index (χ4n) is 2.28. The van der Waals surface area contributed by atoms with E-state index in [0.29, 0.717) is 6.42 Å². The van der Waals surface area contributed by atoms with Crippen LogP contribution in [0, 0.1) is 0 Å². The lowest BCUT2D eigenvalue weighted by molar-refractivity contribution is -0.0458. The van der Waals surface area contributed by atoms with E-state index in [-0.39, 0.29) is 12.0 Å². The SMILES string of the molecule is O=C(c1ccccc1)P(=O)(CCCc1ccccc1)C(F)(F)F. The molecule has 6 heteroatoms. The molecule has 0 fully saturated rings. The molecule has 0 aliphatic carbocycles. The number of carbonyl (C=O) groups is 1. The third kappa shape index (κ3) is 4.11. The van der Waals surface area contributed by atoms with Crippen LogP contribution in [0.15, 0.2) is 60.7 Å². The second kappa shape index (κ2) is 7.14. The first-order chi connectivity index (χ1) is 10.8. The molecule has 23 heavy (non-hydrogen) atoms. The summed E-state index contributed by atoms with van der Waals surface area (Å²) in [5, 5.41) is 0. The van der Waals surface area contributed by atoms with Crippen molar-refractivity contribution in [2.75, 3.05) is 6.16 Å². The van der Waals surface area contributed by atoms with Gasteiger partial charge in [-0.2, -0.15) is 13.2 Å². The minimum absolute atomic E-state index is 0.0410. The third-order valence-electron chi connectivity index (χ3n) is 3.54. The molecule has 0 radical (unpaired) electrons. The fraction of sp³-hybridized carbons (Fsp3) is 0.235. The molecule has 2 aromatic carbocycles. The maximum Gasteiger partial charge on any atom is 0.447 e. The molecule has 1 atom stereocenters. The van der Waals surface area contributed by atoms with Crippen LogP contribution in [-0.2, 0) is 11.0 Å². The number of rotatable bonds is 6. The third-order valence-corrected chi connectivity index (χ3v) is 6.22. The summed E-state index contributed by atoms with van der Waals surface area (Å²) >= 11 is 0. The van der Waals surface area contributed by atoms with Gasteiger partial charge in [0.25, 0.3) is 7.14 Å². The predicted molar refractivity (Wildman–Crippen MR) is 84.1 cm³/mol. The van der Waals surface area contributed by atoms with Gasteiger partial charge in [0.15, 0.2) is 0 Å². The van der Waals surface area contributed by atoms with E-state index in [0.717, 1.165) is 5.56 Å². The van der Waals surface area contributed by atoms with Crippen molar-refractivity contribution < 1.29 is 22.5 Å². The first kappa shape index (κ1) is 17.5. The number of benzene rings is 2. The molecule has 0 aliphatic rings. The Labute approximate surface area is 132 Å². The summed E-state index contributed by atoms with van der Waals surface area (Å²) in [4.78, 5) is 12.2. The zero-order valence-electron chi connectivity index (χ0n) is 12.3. The molecular formula is C17H16F3O2P. The molecule has 2 nitrogen and oxygen atoms in total. The summed E-state index contributed by atoms with van der Waals surface area (Å²) in [7, 11) is -4.99. The lowest BCUT2D eigenvalue weighted by Crippen LogP contribution is -2.19. The van der Waals surface area contributed by atoms with Crippen LogP contribution in [0.4, 0.5) is 13.2 Å². The monoisotopic (exact) mass is 340 g/mol. The van der Waals surface area contributed by atoms with Gasteiger partial charge < -0.3 is 4.57 Å². The van der Waals surface area contributed by atoms with Crippen molar-refractivity contribution in [3.63, 3.8) is 0 Å². The fourth-order valence-corrected chi connectivity index (χ4v) is 4.14. The number of carbonyl (C=O) groups excluding carboxylic acids is 1. The van der Waals surface area contributed by atoms with Gasteiger partial charge in [-0.15, -0.1) is 0 Å². The van der Waals surface area contributed by atoms with Crippen molar-refractivity contribution >= 4 is 12.7 Å². The van der Waals surface area contributed by atoms with Crippen LogP contribution in [0.1, 0.15) is 22.3 Å². The molecule has 0 N–H and O–H groups in total. The van der Waals surface area contributed by atoms with Gasteiger partial charge in [-0.3, -0.25) is 4.79 Å². The van der Waals surface area contributed by atoms with E-state index in [9.17, 15) is 22.5 Å². The normalized spacial score (nSPS) is 14.2. The minimum atomic E-state index is -5.02. The van der Waals surface area contributed by atoms with Gasteiger partial charge in [0, 0.05) is 11.7 Å². The van der Waals surface area contributed by atoms with Gasteiger partial charge in [-0.05, 0) is 18.4 Å². The molecule has 2 aromatic rings. The average Bonchev–Trinajstić information content (AvgIpc) is 2.54. The Hall–Kier alpha value is -1.87. The lowest BCUT2D eigenvalue weighted by atomic mass is 10.1. The maximum absolute atomic E-state index is 13.3. The van der Waals surface area contributed by atoms with E-state index in [1.54, 1.807) is 30.3 Å². The maximum atomic E-state index is 13.3. The Balaban J connectivity index is 2.16. The van der Waals surface area contributed by atoms with Crippen molar-refractivity contribution in [1.82, 2.24) is 0 Å². The second-order valence-electron chi connectivity index (χ2n) is 5.19.